The first-order valence-electron chi connectivity index (χ1n) is 7.57. The van der Waals surface area contributed by atoms with Gasteiger partial charge in [-0.1, -0.05) is 18.2 Å². The molecule has 23 heavy (non-hydrogen) atoms. The van der Waals surface area contributed by atoms with E-state index in [1.807, 2.05) is 48.5 Å². The van der Waals surface area contributed by atoms with E-state index in [0.29, 0.717) is 6.61 Å². The van der Waals surface area contributed by atoms with Gasteiger partial charge in [0.15, 0.2) is 0 Å². The number of amides is 1. The van der Waals surface area contributed by atoms with Crippen molar-refractivity contribution in [1.29, 1.82) is 0 Å². The summed E-state index contributed by atoms with van der Waals surface area (Å²) in [6.45, 7) is 2.08. The Morgan fingerprint density at radius 2 is 2.04 bits per heavy atom. The van der Waals surface area contributed by atoms with E-state index in [9.17, 15) is 10.0 Å². The fraction of sp³-hybridized carbons (Fsp3) is 0.278. The molecule has 2 aromatic carbocycles. The van der Waals surface area contributed by atoms with Gasteiger partial charge in [0.2, 0.25) is 5.91 Å². The first-order valence-corrected chi connectivity index (χ1v) is 7.57. The van der Waals surface area contributed by atoms with Crippen molar-refractivity contribution in [3.63, 3.8) is 0 Å². The van der Waals surface area contributed by atoms with Crippen molar-refractivity contribution >= 4 is 5.91 Å². The van der Waals surface area contributed by atoms with Crippen LogP contribution in [0, 0.1) is 5.92 Å². The minimum absolute atomic E-state index is 0.0587. The second-order valence-electron chi connectivity index (χ2n) is 5.67. The van der Waals surface area contributed by atoms with Gasteiger partial charge < -0.3 is 9.47 Å². The molecule has 120 valence electrons. The minimum Gasteiger partial charge on any atom is -0.493 e. The molecular weight excluding hydrogens is 294 g/mol. The molecule has 1 N–H and O–H groups in total. The summed E-state index contributed by atoms with van der Waals surface area (Å²) >= 11 is 0. The van der Waals surface area contributed by atoms with Crippen LogP contribution < -0.4 is 9.47 Å². The third-order valence-electron chi connectivity index (χ3n) is 3.79. The second-order valence-corrected chi connectivity index (χ2v) is 5.67. The summed E-state index contributed by atoms with van der Waals surface area (Å²) < 4.78 is 11.5. The normalized spacial score (nSPS) is 16.2. The van der Waals surface area contributed by atoms with Gasteiger partial charge >= 0.3 is 0 Å². The summed E-state index contributed by atoms with van der Waals surface area (Å²) in [5.41, 5.74) is 1.02. The molecule has 1 aliphatic rings. The van der Waals surface area contributed by atoms with Gasteiger partial charge in [-0.05, 0) is 42.3 Å². The minimum atomic E-state index is -0.364. The van der Waals surface area contributed by atoms with E-state index >= 15 is 0 Å². The highest BCUT2D eigenvalue weighted by molar-refractivity contribution is 5.71. The number of nitrogens with zero attached hydrogens (tertiary/aromatic N) is 1. The van der Waals surface area contributed by atoms with E-state index < -0.39 is 0 Å². The van der Waals surface area contributed by atoms with Gasteiger partial charge in [0.1, 0.15) is 17.2 Å². The average Bonchev–Trinajstić information content (AvgIpc) is 2.55. The summed E-state index contributed by atoms with van der Waals surface area (Å²) in [6, 6.07) is 15.3. The van der Waals surface area contributed by atoms with Crippen LogP contribution in [-0.4, -0.2) is 29.3 Å². The Kier molecular flexibility index (Phi) is 4.48. The molecule has 1 aliphatic heterocycles. The molecule has 1 unspecified atom stereocenters. The highest BCUT2D eigenvalue weighted by atomic mass is 16.5. The molecule has 0 aromatic heterocycles. The number of rotatable bonds is 4. The maximum absolute atomic E-state index is 11.1. The Hall–Kier alpha value is -2.53. The summed E-state index contributed by atoms with van der Waals surface area (Å²) in [5, 5.41) is 10.3. The lowest BCUT2D eigenvalue weighted by molar-refractivity contribution is -0.166. The number of hydroxylamine groups is 2. The quantitative estimate of drug-likeness (QED) is 0.695. The van der Waals surface area contributed by atoms with Crippen LogP contribution in [0.5, 0.6) is 17.2 Å². The van der Waals surface area contributed by atoms with Crippen molar-refractivity contribution in [3.8, 4) is 17.2 Å². The van der Waals surface area contributed by atoms with Crippen LogP contribution in [0.1, 0.15) is 12.5 Å². The highest BCUT2D eigenvalue weighted by Gasteiger charge is 2.23. The predicted octanol–water partition coefficient (Wildman–Crippen LogP) is 3.27. The molecule has 0 saturated heterocycles. The van der Waals surface area contributed by atoms with Crippen LogP contribution in [0.25, 0.3) is 0 Å². The number of hydrogen-bond acceptors (Lipinski definition) is 4. The molecule has 5 heteroatoms. The van der Waals surface area contributed by atoms with Crippen LogP contribution in [-0.2, 0) is 11.2 Å². The van der Waals surface area contributed by atoms with Crippen LogP contribution in [0.4, 0.5) is 0 Å². The van der Waals surface area contributed by atoms with Gasteiger partial charge in [-0.2, -0.15) is 0 Å². The van der Waals surface area contributed by atoms with Crippen LogP contribution in [0.15, 0.2) is 48.5 Å². The number of ether oxygens (including phenoxy) is 2. The molecule has 0 fully saturated rings. The number of carbonyl (C=O) groups is 1. The molecule has 5 nitrogen and oxygen atoms in total. The van der Waals surface area contributed by atoms with Crippen LogP contribution >= 0.6 is 0 Å². The van der Waals surface area contributed by atoms with Crippen molar-refractivity contribution in [2.45, 2.75) is 13.3 Å². The maximum Gasteiger partial charge on any atom is 0.242 e. The van der Waals surface area contributed by atoms with Gasteiger partial charge in [0, 0.05) is 12.8 Å². The standard InChI is InChI=1S/C18H19NO4/c1-13(20)19(21)11-14-9-15-10-17(7-8-18(15)22-12-14)23-16-5-3-2-4-6-16/h2-8,10,14,21H,9,11-12H2,1H3. The lowest BCUT2D eigenvalue weighted by Gasteiger charge is -2.27. The Balaban J connectivity index is 1.71. The zero-order valence-corrected chi connectivity index (χ0v) is 12.9. The molecule has 3 rings (SSSR count). The van der Waals surface area contributed by atoms with Gasteiger partial charge in [-0.15, -0.1) is 0 Å². The summed E-state index contributed by atoms with van der Waals surface area (Å²) in [5.74, 6) is 2.04. The SMILES string of the molecule is CC(=O)N(O)CC1COc2ccc(Oc3ccccc3)cc2C1. The van der Waals surface area contributed by atoms with E-state index in [4.69, 9.17) is 9.47 Å². The largest absolute Gasteiger partial charge is 0.493 e. The van der Waals surface area contributed by atoms with Crippen molar-refractivity contribution in [2.24, 2.45) is 5.92 Å². The molecule has 0 radical (unpaired) electrons. The summed E-state index contributed by atoms with van der Waals surface area (Å²) in [4.78, 5) is 11.1. The third-order valence-corrected chi connectivity index (χ3v) is 3.79. The summed E-state index contributed by atoms with van der Waals surface area (Å²) in [7, 11) is 0. The lowest BCUT2D eigenvalue weighted by Crippen LogP contribution is -2.35. The molecule has 1 amide bonds. The Morgan fingerprint density at radius 3 is 2.78 bits per heavy atom. The van der Waals surface area contributed by atoms with E-state index in [2.05, 4.69) is 0 Å². The molecule has 2 aromatic rings. The molecule has 1 atom stereocenters. The predicted molar refractivity (Wildman–Crippen MR) is 84.8 cm³/mol. The molecule has 1 heterocycles. The number of fused-ring (bicyclic) bond motifs is 1. The first-order chi connectivity index (χ1) is 11.1. The van der Waals surface area contributed by atoms with Crippen molar-refractivity contribution < 1.29 is 19.5 Å². The number of hydrogen-bond donors (Lipinski definition) is 1. The highest BCUT2D eigenvalue weighted by Crippen LogP contribution is 2.32. The monoisotopic (exact) mass is 313 g/mol. The number of carbonyl (C=O) groups excluding carboxylic acids is 1. The molecule has 0 aliphatic carbocycles. The molecule has 0 bridgehead atoms. The number of benzene rings is 2. The fourth-order valence-electron chi connectivity index (χ4n) is 2.61. The Bertz CT molecular complexity index is 687. The fourth-order valence-corrected chi connectivity index (χ4v) is 2.61. The van der Waals surface area contributed by atoms with Crippen molar-refractivity contribution in [3.05, 3.63) is 54.1 Å². The second kappa shape index (κ2) is 6.71. The van der Waals surface area contributed by atoms with E-state index in [0.717, 1.165) is 34.3 Å². The first kappa shape index (κ1) is 15.4. The zero-order valence-electron chi connectivity index (χ0n) is 12.9. The van der Waals surface area contributed by atoms with E-state index in [-0.39, 0.29) is 18.4 Å². The van der Waals surface area contributed by atoms with Gasteiger partial charge in [-0.25, -0.2) is 5.06 Å². The Labute approximate surface area is 135 Å². The van der Waals surface area contributed by atoms with E-state index in [1.165, 1.54) is 6.92 Å². The maximum atomic E-state index is 11.1. The molecular formula is C18H19NO4. The topological polar surface area (TPSA) is 59.0 Å². The zero-order chi connectivity index (χ0) is 16.2. The van der Waals surface area contributed by atoms with Crippen molar-refractivity contribution in [2.75, 3.05) is 13.2 Å². The van der Waals surface area contributed by atoms with Gasteiger partial charge in [0.25, 0.3) is 0 Å². The smallest absolute Gasteiger partial charge is 0.242 e. The third kappa shape index (κ3) is 3.81. The van der Waals surface area contributed by atoms with E-state index in [1.54, 1.807) is 0 Å². The molecule has 0 spiro atoms. The van der Waals surface area contributed by atoms with Crippen LogP contribution in [0.3, 0.4) is 0 Å². The summed E-state index contributed by atoms with van der Waals surface area (Å²) in [6.07, 6.45) is 0.728. The average molecular weight is 313 g/mol. The van der Waals surface area contributed by atoms with Gasteiger partial charge in [-0.3, -0.25) is 10.0 Å². The lowest BCUT2D eigenvalue weighted by atomic mass is 9.96. The number of para-hydroxylation sites is 1. The van der Waals surface area contributed by atoms with Crippen LogP contribution in [0.2, 0.25) is 0 Å². The molecule has 0 saturated carbocycles. The van der Waals surface area contributed by atoms with Crippen molar-refractivity contribution in [1.82, 2.24) is 5.06 Å². The Morgan fingerprint density at radius 1 is 1.26 bits per heavy atom. The van der Waals surface area contributed by atoms with Gasteiger partial charge in [0.05, 0.1) is 13.2 Å².